The van der Waals surface area contributed by atoms with E-state index in [1.54, 1.807) is 0 Å². The number of hydrogen-bond acceptors (Lipinski definition) is 3. The van der Waals surface area contributed by atoms with Crippen molar-refractivity contribution in [1.82, 2.24) is 4.98 Å². The van der Waals surface area contributed by atoms with Crippen molar-refractivity contribution in [2.45, 2.75) is 19.5 Å². The largest absolute Gasteiger partial charge is 0.423 e. The average Bonchev–Trinajstić information content (AvgIpc) is 3.04. The lowest BCUT2D eigenvalue weighted by Crippen LogP contribution is -2.40. The molecule has 0 bridgehead atoms. The summed E-state index contributed by atoms with van der Waals surface area (Å²) in [7, 11) is 0. The molecule has 4 nitrogen and oxygen atoms in total. The van der Waals surface area contributed by atoms with Crippen LogP contribution >= 0.6 is 0 Å². The molecular weight excluding hydrogens is 348 g/mol. The number of benzene rings is 3. The first-order valence-electron chi connectivity index (χ1n) is 9.41. The summed E-state index contributed by atoms with van der Waals surface area (Å²) in [6, 6.07) is 25.5. The zero-order valence-electron chi connectivity index (χ0n) is 15.6. The third-order valence-corrected chi connectivity index (χ3v) is 5.33. The summed E-state index contributed by atoms with van der Waals surface area (Å²) < 4.78 is 5.75. The van der Waals surface area contributed by atoms with Crippen molar-refractivity contribution in [3.05, 3.63) is 95.7 Å². The Kier molecular flexibility index (Phi) is 3.90. The standard InChI is InChI=1S/C24H20N2O2/c1-16-22(18-11-5-6-12-19(18)25-16)23-24(27)28-21-14-8-7-13-20(21)26(23)15-17-9-3-2-4-10-17/h2-14,23,25H,15H2,1H3. The molecule has 0 saturated heterocycles. The molecule has 138 valence electrons. The van der Waals surface area contributed by atoms with Crippen LogP contribution in [-0.2, 0) is 11.3 Å². The molecular formula is C24H20N2O2. The van der Waals surface area contributed by atoms with E-state index < -0.39 is 6.04 Å². The van der Waals surface area contributed by atoms with Crippen LogP contribution in [0.25, 0.3) is 10.9 Å². The number of nitrogens with zero attached hydrogens (tertiary/aromatic N) is 1. The Labute approximate surface area is 163 Å². The SMILES string of the molecule is Cc1[nH]c2ccccc2c1C1C(=O)Oc2ccccc2N1Cc1ccccc1. The lowest BCUT2D eigenvalue weighted by molar-refractivity contribution is -0.137. The minimum absolute atomic E-state index is 0.248. The summed E-state index contributed by atoms with van der Waals surface area (Å²) in [4.78, 5) is 18.7. The number of aryl methyl sites for hydroxylation is 1. The van der Waals surface area contributed by atoms with E-state index in [9.17, 15) is 4.79 Å². The maximum absolute atomic E-state index is 13.2. The number of carbonyl (C=O) groups excluding carboxylic acids is 1. The van der Waals surface area contributed by atoms with Crippen molar-refractivity contribution in [3.63, 3.8) is 0 Å². The maximum atomic E-state index is 13.2. The van der Waals surface area contributed by atoms with Gasteiger partial charge in [0.2, 0.25) is 0 Å². The number of ether oxygens (including phenoxy) is 1. The molecule has 0 amide bonds. The van der Waals surface area contributed by atoms with Gasteiger partial charge in [0.05, 0.1) is 5.69 Å². The van der Waals surface area contributed by atoms with E-state index in [-0.39, 0.29) is 5.97 Å². The Bertz CT molecular complexity index is 1160. The maximum Gasteiger partial charge on any atom is 0.339 e. The Morgan fingerprint density at radius 1 is 0.929 bits per heavy atom. The van der Waals surface area contributed by atoms with Crippen molar-refractivity contribution in [1.29, 1.82) is 0 Å². The van der Waals surface area contributed by atoms with Crippen LogP contribution in [0.1, 0.15) is 22.9 Å². The van der Waals surface area contributed by atoms with Gasteiger partial charge in [-0.25, -0.2) is 4.79 Å². The summed E-state index contributed by atoms with van der Waals surface area (Å²) in [6.45, 7) is 2.64. The van der Waals surface area contributed by atoms with E-state index in [1.165, 1.54) is 0 Å². The number of esters is 1. The van der Waals surface area contributed by atoms with Gasteiger partial charge in [-0.3, -0.25) is 0 Å². The molecule has 4 heteroatoms. The molecule has 1 atom stereocenters. The zero-order valence-corrected chi connectivity index (χ0v) is 15.6. The van der Waals surface area contributed by atoms with Gasteiger partial charge in [-0.15, -0.1) is 0 Å². The molecule has 1 N–H and O–H groups in total. The molecule has 5 rings (SSSR count). The summed E-state index contributed by atoms with van der Waals surface area (Å²) in [5.74, 6) is 0.361. The molecule has 28 heavy (non-hydrogen) atoms. The molecule has 2 heterocycles. The third-order valence-electron chi connectivity index (χ3n) is 5.33. The predicted molar refractivity (Wildman–Crippen MR) is 110 cm³/mol. The minimum atomic E-state index is -0.508. The molecule has 1 unspecified atom stereocenters. The fourth-order valence-electron chi connectivity index (χ4n) is 4.09. The van der Waals surface area contributed by atoms with E-state index >= 15 is 0 Å². The summed E-state index contributed by atoms with van der Waals surface area (Å²) in [5.41, 5.74) is 5.07. The first-order valence-corrected chi connectivity index (χ1v) is 9.41. The fourth-order valence-corrected chi connectivity index (χ4v) is 4.09. The second kappa shape index (κ2) is 6.57. The molecule has 0 fully saturated rings. The van der Waals surface area contributed by atoms with Gasteiger partial charge in [0, 0.05) is 28.7 Å². The molecule has 1 aliphatic heterocycles. The van der Waals surface area contributed by atoms with Gasteiger partial charge in [-0.1, -0.05) is 60.7 Å². The van der Waals surface area contributed by atoms with Crippen molar-refractivity contribution in [3.8, 4) is 5.75 Å². The highest BCUT2D eigenvalue weighted by atomic mass is 16.5. The molecule has 0 aliphatic carbocycles. The normalized spacial score (nSPS) is 16.1. The zero-order chi connectivity index (χ0) is 19.1. The van der Waals surface area contributed by atoms with Crippen molar-refractivity contribution in [2.75, 3.05) is 4.90 Å². The van der Waals surface area contributed by atoms with Gasteiger partial charge >= 0.3 is 5.97 Å². The van der Waals surface area contributed by atoms with Gasteiger partial charge in [0.25, 0.3) is 0 Å². The quantitative estimate of drug-likeness (QED) is 0.402. The molecule has 0 radical (unpaired) electrons. The number of anilines is 1. The van der Waals surface area contributed by atoms with Crippen molar-refractivity contribution in [2.24, 2.45) is 0 Å². The Morgan fingerprint density at radius 2 is 1.64 bits per heavy atom. The van der Waals surface area contributed by atoms with Crippen LogP contribution in [0.2, 0.25) is 0 Å². The lowest BCUT2D eigenvalue weighted by atomic mass is 9.98. The fraction of sp³-hybridized carbons (Fsp3) is 0.125. The topological polar surface area (TPSA) is 45.3 Å². The van der Waals surface area contributed by atoms with Crippen LogP contribution in [0.4, 0.5) is 5.69 Å². The minimum Gasteiger partial charge on any atom is -0.423 e. The number of aromatic amines is 1. The monoisotopic (exact) mass is 368 g/mol. The van der Waals surface area contributed by atoms with Gasteiger partial charge in [-0.05, 0) is 30.7 Å². The molecule has 1 aliphatic rings. The van der Waals surface area contributed by atoms with E-state index in [0.717, 1.165) is 33.4 Å². The highest BCUT2D eigenvalue weighted by molar-refractivity contribution is 5.95. The highest BCUT2D eigenvalue weighted by Gasteiger charge is 2.38. The average molecular weight is 368 g/mol. The van der Waals surface area contributed by atoms with Gasteiger partial charge < -0.3 is 14.6 Å². The number of nitrogens with one attached hydrogen (secondary N) is 1. The Morgan fingerprint density at radius 3 is 2.50 bits per heavy atom. The predicted octanol–water partition coefficient (Wildman–Crippen LogP) is 5.14. The highest BCUT2D eigenvalue weighted by Crippen LogP contribution is 2.43. The van der Waals surface area contributed by atoms with E-state index in [4.69, 9.17) is 4.74 Å². The van der Waals surface area contributed by atoms with Crippen LogP contribution in [0, 0.1) is 6.92 Å². The summed E-state index contributed by atoms with van der Waals surface area (Å²) >= 11 is 0. The first kappa shape index (κ1) is 16.6. The van der Waals surface area contributed by atoms with E-state index in [2.05, 4.69) is 28.1 Å². The number of para-hydroxylation sites is 3. The number of rotatable bonds is 3. The lowest BCUT2D eigenvalue weighted by Gasteiger charge is -2.37. The Hall–Kier alpha value is -3.53. The van der Waals surface area contributed by atoms with E-state index in [0.29, 0.717) is 12.3 Å². The molecule has 0 spiro atoms. The Balaban J connectivity index is 1.70. The number of aromatic nitrogens is 1. The van der Waals surface area contributed by atoms with Gasteiger partial charge in [0.15, 0.2) is 11.8 Å². The van der Waals surface area contributed by atoms with Crippen LogP contribution in [-0.4, -0.2) is 11.0 Å². The van der Waals surface area contributed by atoms with Gasteiger partial charge in [-0.2, -0.15) is 0 Å². The summed E-state index contributed by atoms with van der Waals surface area (Å²) in [5, 5.41) is 1.05. The molecule has 0 saturated carbocycles. The number of carbonyl (C=O) groups is 1. The van der Waals surface area contributed by atoms with Crippen LogP contribution in [0.15, 0.2) is 78.9 Å². The number of hydrogen-bond donors (Lipinski definition) is 1. The van der Waals surface area contributed by atoms with Gasteiger partial charge in [0.1, 0.15) is 0 Å². The second-order valence-electron chi connectivity index (χ2n) is 7.11. The van der Waals surface area contributed by atoms with E-state index in [1.807, 2.05) is 67.6 Å². The third kappa shape index (κ3) is 2.65. The first-order chi connectivity index (χ1) is 13.7. The summed E-state index contributed by atoms with van der Waals surface area (Å²) in [6.07, 6.45) is 0. The molecule has 3 aromatic carbocycles. The number of H-pyrrole nitrogens is 1. The molecule has 4 aromatic rings. The van der Waals surface area contributed by atoms with Crippen molar-refractivity contribution >= 4 is 22.6 Å². The van der Waals surface area contributed by atoms with Crippen LogP contribution in [0.5, 0.6) is 5.75 Å². The number of fused-ring (bicyclic) bond motifs is 2. The second-order valence-corrected chi connectivity index (χ2v) is 7.11. The van der Waals surface area contributed by atoms with Crippen molar-refractivity contribution < 1.29 is 9.53 Å². The van der Waals surface area contributed by atoms with Crippen LogP contribution in [0.3, 0.4) is 0 Å². The van der Waals surface area contributed by atoms with Crippen LogP contribution < -0.4 is 9.64 Å². The smallest absolute Gasteiger partial charge is 0.339 e. The molecule has 1 aromatic heterocycles.